The summed E-state index contributed by atoms with van der Waals surface area (Å²) < 4.78 is 19.2. The van der Waals surface area contributed by atoms with E-state index in [9.17, 15) is 9.18 Å². The molecular formula is C21H15FN2O2. The van der Waals surface area contributed by atoms with Crippen LogP contribution < -0.4 is 10.1 Å². The van der Waals surface area contributed by atoms with E-state index in [2.05, 4.69) is 10.3 Å². The summed E-state index contributed by atoms with van der Waals surface area (Å²) in [5, 5.41) is 3.52. The number of carbonyl (C=O) groups excluding carboxylic acids is 1. The van der Waals surface area contributed by atoms with E-state index in [1.807, 2.05) is 42.5 Å². The SMILES string of the molecule is O=C(Nc1ccccc1Oc1ccccc1)c1c[nH]c2cc(F)ccc12. The lowest BCUT2D eigenvalue weighted by molar-refractivity contribution is 0.102. The van der Waals surface area contributed by atoms with Gasteiger partial charge in [-0.15, -0.1) is 0 Å². The van der Waals surface area contributed by atoms with Gasteiger partial charge in [0.25, 0.3) is 5.91 Å². The Morgan fingerprint density at radius 1 is 0.962 bits per heavy atom. The predicted molar refractivity (Wildman–Crippen MR) is 99.2 cm³/mol. The van der Waals surface area contributed by atoms with Crippen molar-refractivity contribution in [2.75, 3.05) is 5.32 Å². The number of rotatable bonds is 4. The maximum atomic E-state index is 13.3. The fourth-order valence-electron chi connectivity index (χ4n) is 2.75. The number of halogens is 1. The largest absolute Gasteiger partial charge is 0.455 e. The first kappa shape index (κ1) is 15.9. The Kier molecular flexibility index (Phi) is 4.11. The minimum absolute atomic E-state index is 0.299. The number of nitrogens with one attached hydrogen (secondary N) is 2. The molecule has 3 aromatic carbocycles. The fraction of sp³-hybridized carbons (Fsp3) is 0. The van der Waals surface area contributed by atoms with Crippen molar-refractivity contribution in [3.8, 4) is 11.5 Å². The van der Waals surface area contributed by atoms with E-state index in [4.69, 9.17) is 4.74 Å². The van der Waals surface area contributed by atoms with Crippen LogP contribution in [-0.4, -0.2) is 10.9 Å². The molecule has 1 amide bonds. The number of hydrogen-bond donors (Lipinski definition) is 2. The van der Waals surface area contributed by atoms with Gasteiger partial charge in [-0.1, -0.05) is 30.3 Å². The van der Waals surface area contributed by atoms with Gasteiger partial charge in [-0.3, -0.25) is 4.79 Å². The van der Waals surface area contributed by atoms with E-state index in [0.29, 0.717) is 33.7 Å². The third kappa shape index (κ3) is 3.15. The van der Waals surface area contributed by atoms with Gasteiger partial charge < -0.3 is 15.0 Å². The Hall–Kier alpha value is -3.60. The number of amides is 1. The molecule has 0 bridgehead atoms. The zero-order chi connectivity index (χ0) is 17.9. The monoisotopic (exact) mass is 346 g/mol. The molecule has 5 heteroatoms. The molecule has 0 aliphatic heterocycles. The van der Waals surface area contributed by atoms with Crippen molar-refractivity contribution in [1.29, 1.82) is 0 Å². The van der Waals surface area contributed by atoms with Gasteiger partial charge in [0.2, 0.25) is 0 Å². The highest BCUT2D eigenvalue weighted by atomic mass is 19.1. The lowest BCUT2D eigenvalue weighted by atomic mass is 10.1. The molecule has 0 radical (unpaired) electrons. The number of anilines is 1. The van der Waals surface area contributed by atoms with Crippen LogP contribution in [0.4, 0.5) is 10.1 Å². The molecule has 0 aliphatic rings. The summed E-state index contributed by atoms with van der Waals surface area (Å²) in [5.74, 6) is 0.564. The van der Waals surface area contributed by atoms with Crippen LogP contribution in [0.2, 0.25) is 0 Å². The van der Waals surface area contributed by atoms with Crippen LogP contribution in [0.5, 0.6) is 11.5 Å². The number of para-hydroxylation sites is 3. The van der Waals surface area contributed by atoms with E-state index in [0.717, 1.165) is 0 Å². The first-order chi connectivity index (χ1) is 12.7. The summed E-state index contributed by atoms with van der Waals surface area (Å²) in [5.41, 5.74) is 1.57. The minimum Gasteiger partial charge on any atom is -0.455 e. The Balaban J connectivity index is 1.61. The average Bonchev–Trinajstić information content (AvgIpc) is 3.07. The van der Waals surface area contributed by atoms with E-state index in [1.165, 1.54) is 12.1 Å². The summed E-state index contributed by atoms with van der Waals surface area (Å²) in [6.45, 7) is 0. The highest BCUT2D eigenvalue weighted by Crippen LogP contribution is 2.30. The van der Waals surface area contributed by atoms with Crippen molar-refractivity contribution >= 4 is 22.5 Å². The van der Waals surface area contributed by atoms with Crippen molar-refractivity contribution in [3.63, 3.8) is 0 Å². The fourth-order valence-corrected chi connectivity index (χ4v) is 2.75. The molecule has 0 atom stereocenters. The van der Waals surface area contributed by atoms with Gasteiger partial charge >= 0.3 is 0 Å². The molecule has 0 unspecified atom stereocenters. The van der Waals surface area contributed by atoms with Crippen LogP contribution in [0, 0.1) is 5.82 Å². The second-order valence-corrected chi connectivity index (χ2v) is 5.76. The Morgan fingerprint density at radius 2 is 1.73 bits per heavy atom. The first-order valence-corrected chi connectivity index (χ1v) is 8.10. The van der Waals surface area contributed by atoms with Crippen molar-refractivity contribution in [2.45, 2.75) is 0 Å². The molecule has 1 aromatic heterocycles. The van der Waals surface area contributed by atoms with Gasteiger partial charge in [0.15, 0.2) is 5.75 Å². The Bertz CT molecular complexity index is 1070. The van der Waals surface area contributed by atoms with E-state index in [1.54, 1.807) is 24.4 Å². The summed E-state index contributed by atoms with van der Waals surface area (Å²) >= 11 is 0. The molecule has 0 saturated carbocycles. The zero-order valence-electron chi connectivity index (χ0n) is 13.7. The second kappa shape index (κ2) is 6.72. The van der Waals surface area contributed by atoms with E-state index in [-0.39, 0.29) is 11.7 Å². The molecular weight excluding hydrogens is 331 g/mol. The molecule has 4 nitrogen and oxygen atoms in total. The van der Waals surface area contributed by atoms with Crippen LogP contribution in [0.15, 0.2) is 79.0 Å². The molecule has 0 saturated heterocycles. The van der Waals surface area contributed by atoms with Crippen molar-refractivity contribution in [2.24, 2.45) is 0 Å². The quantitative estimate of drug-likeness (QED) is 0.523. The number of H-pyrrole nitrogens is 1. The second-order valence-electron chi connectivity index (χ2n) is 5.76. The number of ether oxygens (including phenoxy) is 1. The molecule has 4 rings (SSSR count). The Morgan fingerprint density at radius 3 is 2.58 bits per heavy atom. The number of aromatic amines is 1. The van der Waals surface area contributed by atoms with E-state index >= 15 is 0 Å². The standard InChI is InChI=1S/C21H15FN2O2/c22-14-10-11-16-17(13-23-19(16)12-14)21(25)24-18-8-4-5-9-20(18)26-15-6-2-1-3-7-15/h1-13,23H,(H,24,25). The highest BCUT2D eigenvalue weighted by molar-refractivity contribution is 6.13. The molecule has 4 aromatic rings. The highest BCUT2D eigenvalue weighted by Gasteiger charge is 2.15. The number of fused-ring (bicyclic) bond motifs is 1. The number of hydrogen-bond acceptors (Lipinski definition) is 2. The van der Waals surface area contributed by atoms with Crippen molar-refractivity contribution < 1.29 is 13.9 Å². The topological polar surface area (TPSA) is 54.1 Å². The van der Waals surface area contributed by atoms with Crippen LogP contribution in [-0.2, 0) is 0 Å². The minimum atomic E-state index is -0.354. The smallest absolute Gasteiger partial charge is 0.257 e. The molecule has 0 spiro atoms. The normalized spacial score (nSPS) is 10.7. The predicted octanol–water partition coefficient (Wildman–Crippen LogP) is 5.35. The van der Waals surface area contributed by atoms with Gasteiger partial charge in [-0.05, 0) is 42.5 Å². The third-order valence-corrected chi connectivity index (χ3v) is 3.99. The van der Waals surface area contributed by atoms with Gasteiger partial charge in [-0.25, -0.2) is 4.39 Å². The molecule has 2 N–H and O–H groups in total. The summed E-state index contributed by atoms with van der Waals surface area (Å²) in [6.07, 6.45) is 1.57. The van der Waals surface area contributed by atoms with Crippen LogP contribution >= 0.6 is 0 Å². The van der Waals surface area contributed by atoms with Gasteiger partial charge in [0.05, 0.1) is 11.3 Å². The molecule has 128 valence electrons. The lowest BCUT2D eigenvalue weighted by Crippen LogP contribution is -2.12. The van der Waals surface area contributed by atoms with Gasteiger partial charge in [0, 0.05) is 17.1 Å². The van der Waals surface area contributed by atoms with Crippen molar-refractivity contribution in [3.05, 3.63) is 90.4 Å². The summed E-state index contributed by atoms with van der Waals surface area (Å²) in [7, 11) is 0. The van der Waals surface area contributed by atoms with Crippen LogP contribution in [0.1, 0.15) is 10.4 Å². The molecule has 1 heterocycles. The van der Waals surface area contributed by atoms with Crippen molar-refractivity contribution in [1.82, 2.24) is 4.98 Å². The summed E-state index contributed by atoms with van der Waals surface area (Å²) in [6, 6.07) is 20.8. The number of aromatic nitrogens is 1. The Labute approximate surface area is 149 Å². The van der Waals surface area contributed by atoms with Gasteiger partial charge in [-0.2, -0.15) is 0 Å². The molecule has 0 fully saturated rings. The third-order valence-electron chi connectivity index (χ3n) is 3.99. The first-order valence-electron chi connectivity index (χ1n) is 8.10. The number of benzene rings is 3. The number of carbonyl (C=O) groups is 1. The summed E-state index contributed by atoms with van der Waals surface area (Å²) in [4.78, 5) is 15.6. The maximum absolute atomic E-state index is 13.3. The van der Waals surface area contributed by atoms with E-state index < -0.39 is 0 Å². The molecule has 26 heavy (non-hydrogen) atoms. The zero-order valence-corrected chi connectivity index (χ0v) is 13.7. The maximum Gasteiger partial charge on any atom is 0.257 e. The molecule has 0 aliphatic carbocycles. The van der Waals surface area contributed by atoms with Crippen LogP contribution in [0.3, 0.4) is 0 Å². The van der Waals surface area contributed by atoms with Crippen LogP contribution in [0.25, 0.3) is 10.9 Å². The average molecular weight is 346 g/mol. The van der Waals surface area contributed by atoms with Gasteiger partial charge in [0.1, 0.15) is 11.6 Å². The lowest BCUT2D eigenvalue weighted by Gasteiger charge is -2.12.